The molecule has 0 atom stereocenters. The van der Waals surface area contributed by atoms with Gasteiger partial charge in [-0.2, -0.15) is 0 Å². The normalized spacial score (nSPS) is 14.3. The van der Waals surface area contributed by atoms with Gasteiger partial charge in [-0.25, -0.2) is 14.4 Å². The number of nitrogens with zero attached hydrogens (tertiary/aromatic N) is 2. The van der Waals surface area contributed by atoms with Gasteiger partial charge in [0.2, 0.25) is 0 Å². The zero-order valence-electron chi connectivity index (χ0n) is 11.6. The third-order valence-electron chi connectivity index (χ3n) is 3.56. The molecule has 1 aromatic heterocycles. The fraction of sp³-hybridized carbons (Fsp3) is 0.333. The average Bonchev–Trinajstić information content (AvgIpc) is 3.23. The highest BCUT2D eigenvalue weighted by atomic mass is 19.1. The second kappa shape index (κ2) is 4.74. The monoisotopic (exact) mass is 272 g/mol. The Kier molecular flexibility index (Phi) is 3.04. The number of benzene rings is 1. The molecule has 1 fully saturated rings. The van der Waals surface area contributed by atoms with Gasteiger partial charge in [-0.05, 0) is 50.5 Å². The quantitative estimate of drug-likeness (QED) is 0.898. The Bertz CT molecular complexity index is 665. The molecule has 2 aromatic rings. The zero-order chi connectivity index (χ0) is 14.3. The Morgan fingerprint density at radius 1 is 1.25 bits per heavy atom. The second-order valence-corrected chi connectivity index (χ2v) is 5.30. The van der Waals surface area contributed by atoms with Gasteiger partial charge in [0, 0.05) is 17.2 Å². The van der Waals surface area contributed by atoms with Gasteiger partial charge < -0.3 is 11.1 Å². The van der Waals surface area contributed by atoms with Crippen molar-refractivity contribution < 1.29 is 4.39 Å². The van der Waals surface area contributed by atoms with Crippen LogP contribution in [0.2, 0.25) is 0 Å². The molecule has 0 bridgehead atoms. The van der Waals surface area contributed by atoms with Gasteiger partial charge in [-0.3, -0.25) is 0 Å². The summed E-state index contributed by atoms with van der Waals surface area (Å²) < 4.78 is 13.3. The third-order valence-corrected chi connectivity index (χ3v) is 3.56. The summed E-state index contributed by atoms with van der Waals surface area (Å²) in [6, 6.07) is 4.89. The number of halogens is 1. The standard InChI is InChI=1S/C15H17FN4/c1-8-7-11(5-6-12(8)16)18-14-9(2)13(17)19-15(20-14)10-3-4-10/h5-7,10H,3-4H2,1-2H3,(H3,17,18,19,20). The molecule has 1 aliphatic rings. The van der Waals surface area contributed by atoms with Crippen LogP contribution in [0, 0.1) is 19.7 Å². The first kappa shape index (κ1) is 12.8. The number of hydrogen-bond donors (Lipinski definition) is 2. The van der Waals surface area contributed by atoms with Crippen LogP contribution in [-0.4, -0.2) is 9.97 Å². The molecule has 0 aliphatic heterocycles. The van der Waals surface area contributed by atoms with E-state index < -0.39 is 0 Å². The Morgan fingerprint density at radius 2 is 2.00 bits per heavy atom. The van der Waals surface area contributed by atoms with Crippen LogP contribution in [-0.2, 0) is 0 Å². The van der Waals surface area contributed by atoms with Gasteiger partial charge in [0.15, 0.2) is 0 Å². The van der Waals surface area contributed by atoms with Crippen LogP contribution in [0.1, 0.15) is 35.7 Å². The minimum absolute atomic E-state index is 0.215. The van der Waals surface area contributed by atoms with E-state index in [0.29, 0.717) is 23.1 Å². The summed E-state index contributed by atoms with van der Waals surface area (Å²) >= 11 is 0. The third kappa shape index (κ3) is 2.43. The van der Waals surface area contributed by atoms with Crippen LogP contribution in [0.25, 0.3) is 0 Å². The van der Waals surface area contributed by atoms with Gasteiger partial charge in [0.25, 0.3) is 0 Å². The summed E-state index contributed by atoms with van der Waals surface area (Å²) in [7, 11) is 0. The number of nitrogens with two attached hydrogens (primary N) is 1. The number of aromatic nitrogens is 2. The highest BCUT2D eigenvalue weighted by molar-refractivity contribution is 5.64. The highest BCUT2D eigenvalue weighted by Gasteiger charge is 2.27. The minimum Gasteiger partial charge on any atom is -0.383 e. The van der Waals surface area contributed by atoms with E-state index in [2.05, 4.69) is 15.3 Å². The van der Waals surface area contributed by atoms with Crippen molar-refractivity contribution in [2.24, 2.45) is 0 Å². The molecule has 0 unspecified atom stereocenters. The van der Waals surface area contributed by atoms with E-state index in [0.717, 1.165) is 29.9 Å². The SMILES string of the molecule is Cc1cc(Nc2nc(C3CC3)nc(N)c2C)ccc1F. The van der Waals surface area contributed by atoms with Crippen molar-refractivity contribution in [3.63, 3.8) is 0 Å². The molecule has 0 spiro atoms. The van der Waals surface area contributed by atoms with E-state index in [1.54, 1.807) is 19.1 Å². The molecule has 104 valence electrons. The maximum atomic E-state index is 13.3. The van der Waals surface area contributed by atoms with E-state index >= 15 is 0 Å². The number of rotatable bonds is 3. The summed E-state index contributed by atoms with van der Waals surface area (Å²) in [5.74, 6) is 2.23. The molecule has 1 aliphatic carbocycles. The molecule has 5 heteroatoms. The number of aryl methyl sites for hydroxylation is 1. The lowest BCUT2D eigenvalue weighted by Gasteiger charge is -2.12. The molecule has 3 N–H and O–H groups in total. The largest absolute Gasteiger partial charge is 0.383 e. The second-order valence-electron chi connectivity index (χ2n) is 5.30. The van der Waals surface area contributed by atoms with Crippen molar-refractivity contribution in [3.8, 4) is 0 Å². The summed E-state index contributed by atoms with van der Waals surface area (Å²) in [5.41, 5.74) is 8.15. The number of anilines is 3. The van der Waals surface area contributed by atoms with Crippen molar-refractivity contribution in [2.75, 3.05) is 11.1 Å². The lowest BCUT2D eigenvalue weighted by Crippen LogP contribution is -2.06. The highest BCUT2D eigenvalue weighted by Crippen LogP contribution is 2.39. The van der Waals surface area contributed by atoms with Crippen molar-refractivity contribution in [3.05, 3.63) is 41.0 Å². The minimum atomic E-state index is -0.215. The molecule has 0 amide bonds. The molecule has 3 rings (SSSR count). The van der Waals surface area contributed by atoms with Crippen molar-refractivity contribution >= 4 is 17.3 Å². The Morgan fingerprint density at radius 3 is 2.65 bits per heavy atom. The van der Waals surface area contributed by atoms with E-state index in [1.807, 2.05) is 6.92 Å². The lowest BCUT2D eigenvalue weighted by molar-refractivity contribution is 0.619. The van der Waals surface area contributed by atoms with Gasteiger partial charge in [0.1, 0.15) is 23.3 Å². The van der Waals surface area contributed by atoms with E-state index in [-0.39, 0.29) is 5.82 Å². The summed E-state index contributed by atoms with van der Waals surface area (Å²) in [6.45, 7) is 3.61. The zero-order valence-corrected chi connectivity index (χ0v) is 11.6. The number of nitrogens with one attached hydrogen (secondary N) is 1. The molecule has 4 nitrogen and oxygen atoms in total. The van der Waals surface area contributed by atoms with Gasteiger partial charge in [0.05, 0.1) is 0 Å². The molecular formula is C15H17FN4. The van der Waals surface area contributed by atoms with Crippen LogP contribution in [0.4, 0.5) is 21.7 Å². The van der Waals surface area contributed by atoms with Crippen LogP contribution < -0.4 is 11.1 Å². The predicted molar refractivity (Wildman–Crippen MR) is 77.6 cm³/mol. The average molecular weight is 272 g/mol. The summed E-state index contributed by atoms with van der Waals surface area (Å²) in [4.78, 5) is 8.88. The Labute approximate surface area is 117 Å². The van der Waals surface area contributed by atoms with Crippen molar-refractivity contribution in [1.29, 1.82) is 0 Å². The Balaban J connectivity index is 1.94. The van der Waals surface area contributed by atoms with E-state index in [9.17, 15) is 4.39 Å². The molecule has 20 heavy (non-hydrogen) atoms. The van der Waals surface area contributed by atoms with Crippen LogP contribution >= 0.6 is 0 Å². The molecule has 1 aromatic carbocycles. The predicted octanol–water partition coefficient (Wildman–Crippen LogP) is 3.44. The van der Waals surface area contributed by atoms with Gasteiger partial charge in [-0.1, -0.05) is 0 Å². The van der Waals surface area contributed by atoms with Gasteiger partial charge >= 0.3 is 0 Å². The topological polar surface area (TPSA) is 63.8 Å². The lowest BCUT2D eigenvalue weighted by atomic mass is 10.2. The van der Waals surface area contributed by atoms with Crippen LogP contribution in [0.15, 0.2) is 18.2 Å². The molecule has 0 saturated heterocycles. The summed E-state index contributed by atoms with van der Waals surface area (Å²) in [5, 5.41) is 3.21. The maximum Gasteiger partial charge on any atom is 0.139 e. The van der Waals surface area contributed by atoms with Crippen molar-refractivity contribution in [1.82, 2.24) is 9.97 Å². The first-order valence-electron chi connectivity index (χ1n) is 6.72. The first-order valence-corrected chi connectivity index (χ1v) is 6.72. The molecule has 1 saturated carbocycles. The number of nitrogen functional groups attached to an aromatic ring is 1. The smallest absolute Gasteiger partial charge is 0.139 e. The fourth-order valence-corrected chi connectivity index (χ4v) is 2.06. The van der Waals surface area contributed by atoms with Gasteiger partial charge in [-0.15, -0.1) is 0 Å². The maximum absolute atomic E-state index is 13.3. The van der Waals surface area contributed by atoms with Crippen molar-refractivity contribution in [2.45, 2.75) is 32.6 Å². The summed E-state index contributed by atoms with van der Waals surface area (Å²) in [6.07, 6.45) is 2.25. The van der Waals surface area contributed by atoms with E-state index in [1.165, 1.54) is 6.07 Å². The molecule has 0 radical (unpaired) electrons. The van der Waals surface area contributed by atoms with Crippen LogP contribution in [0.5, 0.6) is 0 Å². The first-order chi connectivity index (χ1) is 9.54. The molecular weight excluding hydrogens is 255 g/mol. The van der Waals surface area contributed by atoms with Crippen LogP contribution in [0.3, 0.4) is 0 Å². The molecule has 1 heterocycles. The fourth-order valence-electron chi connectivity index (χ4n) is 2.06. The Hall–Kier alpha value is -2.17. The van der Waals surface area contributed by atoms with E-state index in [4.69, 9.17) is 5.73 Å². The number of hydrogen-bond acceptors (Lipinski definition) is 4.